The third-order valence-corrected chi connectivity index (χ3v) is 4.69. The van der Waals surface area contributed by atoms with Crippen molar-refractivity contribution in [1.82, 2.24) is 10.3 Å². The molecule has 0 saturated heterocycles. The van der Waals surface area contributed by atoms with Crippen molar-refractivity contribution in [3.05, 3.63) is 65.7 Å². The van der Waals surface area contributed by atoms with E-state index in [0.717, 1.165) is 17.7 Å². The molecule has 1 aromatic heterocycles. The van der Waals surface area contributed by atoms with Gasteiger partial charge >= 0.3 is 0 Å². The molecule has 0 aliphatic rings. The summed E-state index contributed by atoms with van der Waals surface area (Å²) in [6, 6.07) is 8.79. The number of oxazole rings is 1. The number of rotatable bonds is 9. The van der Waals surface area contributed by atoms with Crippen LogP contribution in [0.5, 0.6) is 11.5 Å². The van der Waals surface area contributed by atoms with Crippen LogP contribution in [0.2, 0.25) is 0 Å². The van der Waals surface area contributed by atoms with Gasteiger partial charge in [-0.25, -0.2) is 13.8 Å². The van der Waals surface area contributed by atoms with Gasteiger partial charge in [-0.1, -0.05) is 12.1 Å². The molecular formula is C23H24F2N2O4. The van der Waals surface area contributed by atoms with E-state index in [-0.39, 0.29) is 42.0 Å². The Morgan fingerprint density at radius 1 is 1.19 bits per heavy atom. The lowest BCUT2D eigenvalue weighted by Gasteiger charge is -2.17. The molecule has 2 aromatic carbocycles. The first-order chi connectivity index (χ1) is 14.9. The van der Waals surface area contributed by atoms with Crippen LogP contribution in [0.1, 0.15) is 37.8 Å². The number of nitrogens with zero attached hydrogens (tertiary/aromatic N) is 1. The molecule has 8 heteroatoms. The second-order valence-corrected chi connectivity index (χ2v) is 6.85. The van der Waals surface area contributed by atoms with E-state index in [2.05, 4.69) is 10.3 Å². The van der Waals surface area contributed by atoms with Crippen LogP contribution in [0.15, 0.2) is 47.0 Å². The molecule has 3 aromatic rings. The number of hydrogen-bond donors (Lipinski definition) is 1. The molecule has 1 N–H and O–H groups in total. The summed E-state index contributed by atoms with van der Waals surface area (Å²) in [7, 11) is 1.56. The Morgan fingerprint density at radius 2 is 1.94 bits per heavy atom. The van der Waals surface area contributed by atoms with Crippen molar-refractivity contribution in [2.45, 2.75) is 32.7 Å². The van der Waals surface area contributed by atoms with Crippen molar-refractivity contribution in [2.24, 2.45) is 0 Å². The first kappa shape index (κ1) is 22.3. The van der Waals surface area contributed by atoms with Crippen LogP contribution in [-0.2, 0) is 11.2 Å². The predicted molar refractivity (Wildman–Crippen MR) is 111 cm³/mol. The van der Waals surface area contributed by atoms with E-state index in [9.17, 15) is 13.6 Å². The maximum atomic E-state index is 13.9. The lowest BCUT2D eigenvalue weighted by Crippen LogP contribution is -2.26. The van der Waals surface area contributed by atoms with Crippen LogP contribution < -0.4 is 14.8 Å². The van der Waals surface area contributed by atoms with Gasteiger partial charge in [0.1, 0.15) is 11.6 Å². The predicted octanol–water partition coefficient (Wildman–Crippen LogP) is 4.84. The summed E-state index contributed by atoms with van der Waals surface area (Å²) in [6.07, 6.45) is 1.56. The number of nitrogens with one attached hydrogen (secondary N) is 1. The molecular weight excluding hydrogens is 406 g/mol. The monoisotopic (exact) mass is 430 g/mol. The molecule has 164 valence electrons. The van der Waals surface area contributed by atoms with Gasteiger partial charge in [0.25, 0.3) is 0 Å². The minimum absolute atomic E-state index is 0.0131. The number of methoxy groups -OCH3 is 1. The number of benzene rings is 2. The minimum atomic E-state index is -0.736. The zero-order valence-electron chi connectivity index (χ0n) is 17.6. The Hall–Kier alpha value is -3.42. The number of carbonyl (C=O) groups is 1. The van der Waals surface area contributed by atoms with Gasteiger partial charge in [-0.05, 0) is 43.7 Å². The Balaban J connectivity index is 1.59. The summed E-state index contributed by atoms with van der Waals surface area (Å²) < 4.78 is 44.0. The number of ether oxygens (including phenoxy) is 2. The average Bonchev–Trinajstić information content (AvgIpc) is 3.21. The number of hydrogen-bond acceptors (Lipinski definition) is 5. The fourth-order valence-electron chi connectivity index (χ4n) is 3.12. The highest BCUT2D eigenvalue weighted by atomic mass is 19.1. The maximum Gasteiger partial charge on any atom is 0.220 e. The third kappa shape index (κ3) is 5.39. The van der Waals surface area contributed by atoms with Crippen molar-refractivity contribution in [3.63, 3.8) is 0 Å². The molecule has 0 saturated carbocycles. The summed E-state index contributed by atoms with van der Waals surface area (Å²) in [6.45, 7) is 4.27. The van der Waals surface area contributed by atoms with E-state index in [1.807, 2.05) is 26.0 Å². The molecule has 0 aliphatic carbocycles. The van der Waals surface area contributed by atoms with Gasteiger partial charge in [0.05, 0.1) is 31.5 Å². The number of aryl methyl sites for hydroxylation is 1. The highest BCUT2D eigenvalue weighted by Gasteiger charge is 2.17. The number of carbonyl (C=O) groups excluding carboxylic acids is 1. The normalized spacial score (nSPS) is 11.8. The van der Waals surface area contributed by atoms with Crippen LogP contribution in [0.4, 0.5) is 8.78 Å². The lowest BCUT2D eigenvalue weighted by atomic mass is 10.1. The fraction of sp³-hybridized carbons (Fsp3) is 0.304. The first-order valence-electron chi connectivity index (χ1n) is 9.92. The van der Waals surface area contributed by atoms with Crippen molar-refractivity contribution in [2.75, 3.05) is 13.7 Å². The molecule has 0 fully saturated rings. The standard InChI is InChI=1S/C23H24F2N2O4/c1-4-30-18-9-8-15(12-19(18)29-3)14(2)27-21(28)10-11-22-26-13-20(31-22)23-16(24)6-5-7-17(23)25/h5-9,12-14H,4,10-11H2,1-3H3,(H,27,28). The Labute approximate surface area is 179 Å². The number of halogens is 2. The van der Waals surface area contributed by atoms with E-state index < -0.39 is 11.6 Å². The largest absolute Gasteiger partial charge is 0.493 e. The number of amides is 1. The molecule has 1 heterocycles. The summed E-state index contributed by atoms with van der Waals surface area (Å²) >= 11 is 0. The molecule has 3 rings (SSSR count). The average molecular weight is 430 g/mol. The highest BCUT2D eigenvalue weighted by Crippen LogP contribution is 2.30. The molecule has 1 atom stereocenters. The third-order valence-electron chi connectivity index (χ3n) is 4.69. The summed E-state index contributed by atoms with van der Waals surface area (Å²) in [4.78, 5) is 16.4. The molecule has 0 bridgehead atoms. The quantitative estimate of drug-likeness (QED) is 0.526. The molecule has 0 spiro atoms. The van der Waals surface area contributed by atoms with Crippen molar-refractivity contribution in [3.8, 4) is 22.8 Å². The van der Waals surface area contributed by atoms with Gasteiger partial charge in [-0.15, -0.1) is 0 Å². The first-order valence-corrected chi connectivity index (χ1v) is 9.92. The Morgan fingerprint density at radius 3 is 2.61 bits per heavy atom. The van der Waals surface area contributed by atoms with Crippen molar-refractivity contribution in [1.29, 1.82) is 0 Å². The SMILES string of the molecule is CCOc1ccc(C(C)NC(=O)CCc2ncc(-c3c(F)cccc3F)o2)cc1OC. The van der Waals surface area contributed by atoms with E-state index in [1.54, 1.807) is 13.2 Å². The van der Waals surface area contributed by atoms with Crippen molar-refractivity contribution >= 4 is 5.91 Å². The van der Waals surface area contributed by atoms with E-state index in [0.29, 0.717) is 18.1 Å². The highest BCUT2D eigenvalue weighted by molar-refractivity contribution is 5.76. The summed E-state index contributed by atoms with van der Waals surface area (Å²) in [5, 5.41) is 2.90. The van der Waals surface area contributed by atoms with E-state index in [4.69, 9.17) is 13.9 Å². The minimum Gasteiger partial charge on any atom is -0.493 e. The zero-order chi connectivity index (χ0) is 22.4. The van der Waals surface area contributed by atoms with Gasteiger partial charge in [-0.3, -0.25) is 4.79 Å². The summed E-state index contributed by atoms with van der Waals surface area (Å²) in [5.74, 6) is -0.243. The molecule has 6 nitrogen and oxygen atoms in total. The molecule has 1 unspecified atom stereocenters. The summed E-state index contributed by atoms with van der Waals surface area (Å²) in [5.41, 5.74) is 0.589. The fourth-order valence-corrected chi connectivity index (χ4v) is 3.12. The molecule has 0 radical (unpaired) electrons. The Bertz CT molecular complexity index is 1030. The topological polar surface area (TPSA) is 73.6 Å². The van der Waals surface area contributed by atoms with Gasteiger partial charge in [0.15, 0.2) is 23.1 Å². The van der Waals surface area contributed by atoms with Crippen LogP contribution >= 0.6 is 0 Å². The zero-order valence-corrected chi connectivity index (χ0v) is 17.6. The molecule has 1 amide bonds. The van der Waals surface area contributed by atoms with Crippen molar-refractivity contribution < 1.29 is 27.5 Å². The van der Waals surface area contributed by atoms with E-state index >= 15 is 0 Å². The lowest BCUT2D eigenvalue weighted by molar-refractivity contribution is -0.121. The number of aromatic nitrogens is 1. The maximum absolute atomic E-state index is 13.9. The smallest absolute Gasteiger partial charge is 0.220 e. The van der Waals surface area contributed by atoms with Crippen LogP contribution in [0, 0.1) is 11.6 Å². The Kier molecular flexibility index (Phi) is 7.23. The molecule has 31 heavy (non-hydrogen) atoms. The molecule has 0 aliphatic heterocycles. The van der Waals surface area contributed by atoms with E-state index in [1.165, 1.54) is 12.3 Å². The second kappa shape index (κ2) is 10.1. The van der Waals surface area contributed by atoms with Crippen LogP contribution in [-0.4, -0.2) is 24.6 Å². The van der Waals surface area contributed by atoms with Crippen LogP contribution in [0.25, 0.3) is 11.3 Å². The van der Waals surface area contributed by atoms with Gasteiger partial charge in [0, 0.05) is 12.8 Å². The second-order valence-electron chi connectivity index (χ2n) is 6.85. The van der Waals surface area contributed by atoms with Gasteiger partial charge in [-0.2, -0.15) is 0 Å². The van der Waals surface area contributed by atoms with Gasteiger partial charge < -0.3 is 19.2 Å². The van der Waals surface area contributed by atoms with Gasteiger partial charge in [0.2, 0.25) is 5.91 Å². The van der Waals surface area contributed by atoms with Crippen LogP contribution in [0.3, 0.4) is 0 Å².